The first-order chi connectivity index (χ1) is 28.3. The fourth-order valence-corrected chi connectivity index (χ4v) is 12.9. The van der Waals surface area contributed by atoms with Crippen LogP contribution in [0.1, 0.15) is 0 Å². The van der Waals surface area contributed by atoms with Crippen LogP contribution in [0.25, 0.3) is 66.1 Å². The highest BCUT2D eigenvalue weighted by molar-refractivity contribution is 8.34. The molecule has 0 aliphatic heterocycles. The summed E-state index contributed by atoms with van der Waals surface area (Å²) in [6.07, 6.45) is 0. The lowest BCUT2D eigenvalue weighted by atomic mass is 9.98. The Kier molecular flexibility index (Phi) is 7.94. The molecule has 2 heterocycles. The van der Waals surface area contributed by atoms with Gasteiger partial charge >= 0.3 is 0 Å². The summed E-state index contributed by atoms with van der Waals surface area (Å²) in [5.74, 6) is 0. The number of rotatable bonds is 7. The molecule has 0 amide bonds. The predicted molar refractivity (Wildman–Crippen MR) is 241 cm³/mol. The summed E-state index contributed by atoms with van der Waals surface area (Å²) >= 11 is 0. The van der Waals surface area contributed by atoms with Crippen LogP contribution in [0.4, 0.5) is 0 Å². The van der Waals surface area contributed by atoms with Crippen LogP contribution in [0.5, 0.6) is 0 Å². The van der Waals surface area contributed by atoms with Gasteiger partial charge in [-0.05, 0) is 114 Å². The molecule has 0 aliphatic carbocycles. The molecule has 0 saturated heterocycles. The largest absolute Gasteiger partial charge is 0.309 e. The lowest BCUT2D eigenvalue weighted by molar-refractivity contribution is 1.16. The van der Waals surface area contributed by atoms with Crippen LogP contribution in [0.2, 0.25) is 0 Å². The Balaban J connectivity index is 1.09. The minimum absolute atomic E-state index is 1.15. The highest BCUT2D eigenvalue weighted by atomic mass is 32.3. The number of benzene rings is 9. The smallest absolute Gasteiger partial charge is 0.0547 e. The Labute approximate surface area is 333 Å². The van der Waals surface area contributed by atoms with E-state index in [0.29, 0.717) is 0 Å². The molecule has 0 fully saturated rings. The second-order valence-corrected chi connectivity index (χ2v) is 17.6. The molecule has 270 valence electrons. The topological polar surface area (TPSA) is 9.86 Å². The van der Waals surface area contributed by atoms with E-state index in [4.69, 9.17) is 0 Å². The average Bonchev–Trinajstić information content (AvgIpc) is 3.81. The van der Waals surface area contributed by atoms with Crippen LogP contribution >= 0.6 is 10.0 Å². The van der Waals surface area contributed by atoms with Crippen LogP contribution in [-0.2, 0) is 0 Å². The molecular formula is C54H38N2S. The Morgan fingerprint density at radius 3 is 1.33 bits per heavy atom. The molecule has 2 nitrogen and oxygen atoms in total. The second kappa shape index (κ2) is 13.6. The molecule has 3 heteroatoms. The number of fused-ring (bicyclic) bond motifs is 6. The zero-order valence-electron chi connectivity index (χ0n) is 31.2. The molecule has 0 aliphatic rings. The Hall–Kier alpha value is -7.07. The van der Waals surface area contributed by atoms with Crippen LogP contribution < -0.4 is 0 Å². The van der Waals surface area contributed by atoms with Crippen molar-refractivity contribution in [1.29, 1.82) is 0 Å². The van der Waals surface area contributed by atoms with Crippen molar-refractivity contribution in [3.63, 3.8) is 0 Å². The Morgan fingerprint density at radius 2 is 0.719 bits per heavy atom. The zero-order chi connectivity index (χ0) is 37.8. The van der Waals surface area contributed by atoms with Gasteiger partial charge in [-0.2, -0.15) is 0 Å². The third-order valence-corrected chi connectivity index (χ3v) is 15.4. The van der Waals surface area contributed by atoms with Crippen LogP contribution in [0.3, 0.4) is 0 Å². The Morgan fingerprint density at radius 1 is 0.281 bits per heavy atom. The molecule has 11 rings (SSSR count). The van der Waals surface area contributed by atoms with Crippen LogP contribution in [-0.4, -0.2) is 9.13 Å². The first-order valence-corrected chi connectivity index (χ1v) is 21.1. The van der Waals surface area contributed by atoms with Gasteiger partial charge in [-0.25, -0.2) is 0 Å². The van der Waals surface area contributed by atoms with E-state index in [-0.39, 0.29) is 0 Å². The van der Waals surface area contributed by atoms with Gasteiger partial charge in [0.25, 0.3) is 0 Å². The molecule has 0 N–H and O–H groups in total. The van der Waals surface area contributed by atoms with E-state index in [2.05, 4.69) is 240 Å². The third kappa shape index (κ3) is 5.20. The van der Waals surface area contributed by atoms with E-state index in [1.165, 1.54) is 80.0 Å². The Bertz CT molecular complexity index is 3100. The maximum atomic E-state index is 2.44. The molecule has 0 radical (unpaired) electrons. The zero-order valence-corrected chi connectivity index (χ0v) is 32.1. The summed E-state index contributed by atoms with van der Waals surface area (Å²) in [5, 5.41) is 5.02. The molecule has 9 aromatic carbocycles. The normalized spacial score (nSPS) is 12.1. The molecule has 0 spiro atoms. The predicted octanol–water partition coefficient (Wildman–Crippen LogP) is 14.9. The molecule has 57 heavy (non-hydrogen) atoms. The van der Waals surface area contributed by atoms with Gasteiger partial charge in [0.15, 0.2) is 0 Å². The van der Waals surface area contributed by atoms with Gasteiger partial charge in [0, 0.05) is 52.5 Å². The summed E-state index contributed by atoms with van der Waals surface area (Å²) < 4.78 is 4.83. The van der Waals surface area contributed by atoms with Crippen LogP contribution in [0, 0.1) is 0 Å². The standard InChI is InChI=1S/C54H38N2S/c1-5-18-40(19-6-1)56-51-30-16-14-27-48(51)54-46(28-17-31-53(54)56)39-32-37-52-49(38-39)47-26-13-15-29-50(47)55(52)41-33-35-45(36-34-41)57(42-20-7-2-8-21-42,43-22-9-3-10-23-43)44-24-11-4-12-25-44/h1-38H. The molecule has 0 saturated carbocycles. The summed E-state index contributed by atoms with van der Waals surface area (Å²) in [6, 6.07) is 84.7. The van der Waals surface area contributed by atoms with Crippen molar-refractivity contribution < 1.29 is 0 Å². The van der Waals surface area contributed by atoms with Gasteiger partial charge in [-0.3, -0.25) is 0 Å². The number of nitrogens with zero attached hydrogens (tertiary/aromatic N) is 2. The van der Waals surface area contributed by atoms with Crippen LogP contribution in [0.15, 0.2) is 250 Å². The third-order valence-electron chi connectivity index (χ3n) is 11.4. The van der Waals surface area contributed by atoms with E-state index >= 15 is 0 Å². The van der Waals surface area contributed by atoms with E-state index in [1.54, 1.807) is 0 Å². The molecule has 11 aromatic rings. The minimum Gasteiger partial charge on any atom is -0.309 e. The fourth-order valence-electron chi connectivity index (χ4n) is 9.02. The highest BCUT2D eigenvalue weighted by Gasteiger charge is 2.33. The average molecular weight is 747 g/mol. The first-order valence-electron chi connectivity index (χ1n) is 19.5. The van der Waals surface area contributed by atoms with Gasteiger partial charge in [-0.1, -0.05) is 127 Å². The van der Waals surface area contributed by atoms with Crippen molar-refractivity contribution in [2.75, 3.05) is 0 Å². The summed E-state index contributed by atoms with van der Waals surface area (Å²) in [4.78, 5) is 5.27. The van der Waals surface area contributed by atoms with E-state index in [1.807, 2.05) is 0 Å². The van der Waals surface area contributed by atoms with Crippen molar-refractivity contribution in [1.82, 2.24) is 9.13 Å². The van der Waals surface area contributed by atoms with Gasteiger partial charge in [-0.15, -0.1) is 10.0 Å². The molecular weight excluding hydrogens is 709 g/mol. The summed E-state index contributed by atoms with van der Waals surface area (Å²) in [6.45, 7) is 0. The maximum Gasteiger partial charge on any atom is 0.0547 e. The van der Waals surface area contributed by atoms with Crippen molar-refractivity contribution in [3.05, 3.63) is 231 Å². The lowest BCUT2D eigenvalue weighted by Crippen LogP contribution is -2.05. The van der Waals surface area contributed by atoms with Gasteiger partial charge in [0.1, 0.15) is 0 Å². The quantitative estimate of drug-likeness (QED) is 0.154. The van der Waals surface area contributed by atoms with Gasteiger partial charge in [0.2, 0.25) is 0 Å². The molecule has 0 atom stereocenters. The fraction of sp³-hybridized carbons (Fsp3) is 0. The first kappa shape index (κ1) is 33.3. The van der Waals surface area contributed by atoms with Crippen molar-refractivity contribution in [2.24, 2.45) is 0 Å². The van der Waals surface area contributed by atoms with Crippen molar-refractivity contribution >= 4 is 53.6 Å². The number of hydrogen-bond donors (Lipinski definition) is 0. The highest BCUT2D eigenvalue weighted by Crippen LogP contribution is 2.73. The van der Waals surface area contributed by atoms with E-state index in [0.717, 1.165) is 5.69 Å². The molecule has 0 unspecified atom stereocenters. The maximum absolute atomic E-state index is 2.44. The lowest BCUT2D eigenvalue weighted by Gasteiger charge is -2.42. The van der Waals surface area contributed by atoms with Gasteiger partial charge < -0.3 is 9.13 Å². The SMILES string of the molecule is c1ccc(-n2c3ccccc3c3c(-c4ccc5c(c4)c4ccccc4n5-c4ccc(S(c5ccccc5)(c5ccccc5)c5ccccc5)cc4)cccc32)cc1. The minimum atomic E-state index is -1.78. The van der Waals surface area contributed by atoms with E-state index in [9.17, 15) is 0 Å². The monoisotopic (exact) mass is 746 g/mol. The summed E-state index contributed by atoms with van der Waals surface area (Å²) in [7, 11) is -1.78. The molecule has 2 aromatic heterocycles. The van der Waals surface area contributed by atoms with Crippen molar-refractivity contribution in [2.45, 2.75) is 19.6 Å². The number of aromatic nitrogens is 2. The van der Waals surface area contributed by atoms with Gasteiger partial charge in [0.05, 0.1) is 22.1 Å². The number of hydrogen-bond acceptors (Lipinski definition) is 0. The van der Waals surface area contributed by atoms with Crippen molar-refractivity contribution in [3.8, 4) is 22.5 Å². The number of para-hydroxylation sites is 3. The molecule has 0 bridgehead atoms. The second-order valence-electron chi connectivity index (χ2n) is 14.5. The summed E-state index contributed by atoms with van der Waals surface area (Å²) in [5.41, 5.74) is 9.58. The van der Waals surface area contributed by atoms with E-state index < -0.39 is 10.0 Å².